The third-order valence-corrected chi connectivity index (χ3v) is 5.22. The fourth-order valence-corrected chi connectivity index (χ4v) is 3.75. The van der Waals surface area contributed by atoms with E-state index < -0.39 is 0 Å². The Kier molecular flexibility index (Phi) is 5.49. The van der Waals surface area contributed by atoms with Crippen LogP contribution in [0.5, 0.6) is 0 Å². The molecule has 0 amide bonds. The molecule has 2 aromatic carbocycles. The number of benzene rings is 2. The van der Waals surface area contributed by atoms with Crippen molar-refractivity contribution in [2.75, 3.05) is 5.75 Å². The molecule has 112 valence electrons. The summed E-state index contributed by atoms with van der Waals surface area (Å²) in [5, 5.41) is 0. The number of aryl methyl sites for hydroxylation is 4. The van der Waals surface area contributed by atoms with Crippen molar-refractivity contribution in [2.24, 2.45) is 5.73 Å². The Hall–Kier alpha value is -1.25. The maximum absolute atomic E-state index is 6.36. The predicted molar refractivity (Wildman–Crippen MR) is 94.2 cm³/mol. The first-order valence-electron chi connectivity index (χ1n) is 7.48. The van der Waals surface area contributed by atoms with E-state index in [1.165, 1.54) is 32.7 Å². The van der Waals surface area contributed by atoms with E-state index in [9.17, 15) is 0 Å². The zero-order valence-electron chi connectivity index (χ0n) is 13.4. The molecule has 1 unspecified atom stereocenters. The van der Waals surface area contributed by atoms with Crippen LogP contribution in [0.4, 0.5) is 0 Å². The van der Waals surface area contributed by atoms with Crippen molar-refractivity contribution >= 4 is 11.8 Å². The van der Waals surface area contributed by atoms with Crippen molar-refractivity contribution in [3.05, 3.63) is 64.2 Å². The Labute approximate surface area is 133 Å². The van der Waals surface area contributed by atoms with Gasteiger partial charge in [0.05, 0.1) is 0 Å². The number of nitrogens with two attached hydrogens (primary N) is 1. The van der Waals surface area contributed by atoms with Gasteiger partial charge in [-0.1, -0.05) is 35.9 Å². The lowest BCUT2D eigenvalue weighted by molar-refractivity contribution is 0.741. The van der Waals surface area contributed by atoms with Crippen LogP contribution in [0.25, 0.3) is 0 Å². The van der Waals surface area contributed by atoms with Crippen molar-refractivity contribution in [1.82, 2.24) is 0 Å². The second-order valence-corrected chi connectivity index (χ2v) is 6.98. The van der Waals surface area contributed by atoms with Crippen molar-refractivity contribution in [1.29, 1.82) is 0 Å². The van der Waals surface area contributed by atoms with Gasteiger partial charge in [-0.3, -0.25) is 0 Å². The van der Waals surface area contributed by atoms with Crippen molar-refractivity contribution in [3.63, 3.8) is 0 Å². The summed E-state index contributed by atoms with van der Waals surface area (Å²) in [6.45, 7) is 8.69. The highest BCUT2D eigenvalue weighted by Crippen LogP contribution is 2.24. The Balaban J connectivity index is 1.99. The lowest BCUT2D eigenvalue weighted by atomic mass is 9.95. The molecule has 2 aromatic rings. The van der Waals surface area contributed by atoms with Crippen LogP contribution in [0.15, 0.2) is 41.3 Å². The molecule has 0 aromatic heterocycles. The summed E-state index contributed by atoms with van der Waals surface area (Å²) in [6.07, 6.45) is 0.955. The van der Waals surface area contributed by atoms with Gasteiger partial charge in [-0.05, 0) is 62.4 Å². The summed E-state index contributed by atoms with van der Waals surface area (Å²) in [6, 6.07) is 13.2. The van der Waals surface area contributed by atoms with E-state index >= 15 is 0 Å². The zero-order chi connectivity index (χ0) is 15.4. The summed E-state index contributed by atoms with van der Waals surface area (Å²) in [4.78, 5) is 1.34. The van der Waals surface area contributed by atoms with Gasteiger partial charge in [0, 0.05) is 16.7 Å². The lowest BCUT2D eigenvalue weighted by Gasteiger charge is -2.16. The van der Waals surface area contributed by atoms with E-state index in [2.05, 4.69) is 64.1 Å². The first-order valence-corrected chi connectivity index (χ1v) is 8.46. The summed E-state index contributed by atoms with van der Waals surface area (Å²) in [5.41, 5.74) is 13.2. The van der Waals surface area contributed by atoms with Crippen LogP contribution in [0.1, 0.15) is 27.8 Å². The molecule has 0 aliphatic heterocycles. The second-order valence-electron chi connectivity index (χ2n) is 5.92. The average molecular weight is 299 g/mol. The molecule has 2 heteroatoms. The van der Waals surface area contributed by atoms with Gasteiger partial charge < -0.3 is 5.73 Å². The quantitative estimate of drug-likeness (QED) is 0.818. The minimum Gasteiger partial charge on any atom is -0.327 e. The normalized spacial score (nSPS) is 12.4. The van der Waals surface area contributed by atoms with Crippen LogP contribution in [0.3, 0.4) is 0 Å². The third-order valence-electron chi connectivity index (χ3n) is 3.85. The summed E-state index contributed by atoms with van der Waals surface area (Å²) >= 11 is 1.86. The van der Waals surface area contributed by atoms with E-state index in [-0.39, 0.29) is 6.04 Å². The third kappa shape index (κ3) is 4.36. The maximum atomic E-state index is 6.36. The topological polar surface area (TPSA) is 26.0 Å². The number of hydrogen-bond acceptors (Lipinski definition) is 2. The maximum Gasteiger partial charge on any atom is 0.0174 e. The molecule has 0 fully saturated rings. The van der Waals surface area contributed by atoms with Crippen molar-refractivity contribution in [3.8, 4) is 0 Å². The summed E-state index contributed by atoms with van der Waals surface area (Å²) in [7, 11) is 0. The molecule has 0 spiro atoms. The van der Waals surface area contributed by atoms with E-state index in [0.29, 0.717) is 0 Å². The predicted octanol–water partition coefficient (Wildman–Crippen LogP) is 4.58. The molecule has 0 aliphatic carbocycles. The number of rotatable bonds is 5. The number of hydrogen-bond donors (Lipinski definition) is 1. The first-order chi connectivity index (χ1) is 9.97. The monoisotopic (exact) mass is 299 g/mol. The van der Waals surface area contributed by atoms with Gasteiger partial charge in [0.15, 0.2) is 0 Å². The minimum atomic E-state index is 0.190. The van der Waals surface area contributed by atoms with Gasteiger partial charge in [-0.25, -0.2) is 0 Å². The van der Waals surface area contributed by atoms with Gasteiger partial charge in [0.25, 0.3) is 0 Å². The molecule has 0 saturated heterocycles. The van der Waals surface area contributed by atoms with Gasteiger partial charge >= 0.3 is 0 Å². The molecule has 0 heterocycles. The molecule has 0 bridgehead atoms. The highest BCUT2D eigenvalue weighted by Gasteiger charge is 2.10. The molecule has 21 heavy (non-hydrogen) atoms. The van der Waals surface area contributed by atoms with Crippen molar-refractivity contribution < 1.29 is 0 Å². The molecule has 0 saturated carbocycles. The van der Waals surface area contributed by atoms with Crippen LogP contribution in [-0.4, -0.2) is 11.8 Å². The van der Waals surface area contributed by atoms with Gasteiger partial charge in [-0.15, -0.1) is 11.8 Å². The highest BCUT2D eigenvalue weighted by molar-refractivity contribution is 7.99. The van der Waals surface area contributed by atoms with Crippen LogP contribution in [0, 0.1) is 27.7 Å². The minimum absolute atomic E-state index is 0.190. The van der Waals surface area contributed by atoms with Gasteiger partial charge in [0.2, 0.25) is 0 Å². The zero-order valence-corrected chi connectivity index (χ0v) is 14.3. The molecule has 2 N–H and O–H groups in total. The van der Waals surface area contributed by atoms with E-state index in [1.807, 2.05) is 11.8 Å². The summed E-state index contributed by atoms with van der Waals surface area (Å²) in [5.74, 6) is 0.956. The van der Waals surface area contributed by atoms with Crippen LogP contribution < -0.4 is 5.73 Å². The fraction of sp³-hybridized carbons (Fsp3) is 0.368. The summed E-state index contributed by atoms with van der Waals surface area (Å²) < 4.78 is 0. The van der Waals surface area contributed by atoms with Crippen LogP contribution in [0.2, 0.25) is 0 Å². The Bertz CT molecular complexity index is 596. The smallest absolute Gasteiger partial charge is 0.0174 e. The Morgan fingerprint density at radius 1 is 0.952 bits per heavy atom. The SMILES string of the molecule is Cc1cc(C)c(CC(N)CSc2ccccc2C)c(C)c1. The molecule has 1 atom stereocenters. The largest absolute Gasteiger partial charge is 0.327 e. The lowest BCUT2D eigenvalue weighted by Crippen LogP contribution is -2.26. The average Bonchev–Trinajstić information content (AvgIpc) is 2.42. The van der Waals surface area contributed by atoms with Gasteiger partial charge in [-0.2, -0.15) is 0 Å². The molecular formula is C19H25NS. The molecule has 0 aliphatic rings. The van der Waals surface area contributed by atoms with Crippen molar-refractivity contribution in [2.45, 2.75) is 45.1 Å². The molecule has 2 rings (SSSR count). The Morgan fingerprint density at radius 3 is 2.19 bits per heavy atom. The molecule has 1 nitrogen and oxygen atoms in total. The highest BCUT2D eigenvalue weighted by atomic mass is 32.2. The van der Waals surface area contributed by atoms with E-state index in [1.54, 1.807) is 0 Å². The first kappa shape index (κ1) is 16.1. The second kappa shape index (κ2) is 7.15. The van der Waals surface area contributed by atoms with E-state index in [0.717, 1.165) is 12.2 Å². The standard InChI is InChI=1S/C19H25NS/c1-13-9-15(3)18(16(4)10-13)11-17(20)12-21-19-8-6-5-7-14(19)2/h5-10,17H,11-12,20H2,1-4H3. The Morgan fingerprint density at radius 2 is 1.57 bits per heavy atom. The fourth-order valence-electron chi connectivity index (χ4n) is 2.77. The van der Waals surface area contributed by atoms with E-state index in [4.69, 9.17) is 5.73 Å². The molecular weight excluding hydrogens is 274 g/mol. The van der Waals surface area contributed by atoms with Crippen LogP contribution >= 0.6 is 11.8 Å². The van der Waals surface area contributed by atoms with Crippen LogP contribution in [-0.2, 0) is 6.42 Å². The number of thioether (sulfide) groups is 1. The van der Waals surface area contributed by atoms with Gasteiger partial charge in [0.1, 0.15) is 0 Å². The molecule has 0 radical (unpaired) electrons.